The summed E-state index contributed by atoms with van der Waals surface area (Å²) in [5.41, 5.74) is 10.9. The van der Waals surface area contributed by atoms with Gasteiger partial charge in [-0.05, 0) is 41.6 Å². The first-order valence-corrected chi connectivity index (χ1v) is 6.35. The molecule has 1 unspecified atom stereocenters. The summed E-state index contributed by atoms with van der Waals surface area (Å²) < 4.78 is 0. The number of fused-ring (bicyclic) bond motifs is 1. The van der Waals surface area contributed by atoms with Crippen LogP contribution in [-0.4, -0.2) is 11.0 Å². The van der Waals surface area contributed by atoms with Crippen LogP contribution in [0.4, 0.5) is 0 Å². The van der Waals surface area contributed by atoms with E-state index in [0.29, 0.717) is 0 Å². The molecule has 0 N–H and O–H groups in total. The van der Waals surface area contributed by atoms with E-state index in [9.17, 15) is 0 Å². The predicted octanol–water partition coefficient (Wildman–Crippen LogP) is 4.15. The standard InChI is InChI=1S/C12H10N4S/c13-16-15-11-5-1-3-8(11)10-7-17-12-9(10)4-2-6-14-12/h2-4,6-7,11H,1,5H2. The molecule has 17 heavy (non-hydrogen) atoms. The van der Waals surface area contributed by atoms with Gasteiger partial charge in [-0.15, -0.1) is 11.3 Å². The van der Waals surface area contributed by atoms with Crippen LogP contribution in [0, 0.1) is 0 Å². The van der Waals surface area contributed by atoms with E-state index in [1.165, 1.54) is 5.56 Å². The minimum atomic E-state index is -0.0157. The summed E-state index contributed by atoms with van der Waals surface area (Å²) in [6, 6.07) is 4.00. The van der Waals surface area contributed by atoms with E-state index in [-0.39, 0.29) is 6.04 Å². The van der Waals surface area contributed by atoms with E-state index in [4.69, 9.17) is 5.53 Å². The van der Waals surface area contributed by atoms with Crippen LogP contribution in [0.3, 0.4) is 0 Å². The summed E-state index contributed by atoms with van der Waals surface area (Å²) in [4.78, 5) is 8.30. The highest BCUT2D eigenvalue weighted by molar-refractivity contribution is 7.17. The molecule has 2 aromatic heterocycles. The third-order valence-electron chi connectivity index (χ3n) is 3.02. The molecule has 0 saturated carbocycles. The topological polar surface area (TPSA) is 61.7 Å². The quantitative estimate of drug-likeness (QED) is 0.443. The van der Waals surface area contributed by atoms with Crippen molar-refractivity contribution in [3.63, 3.8) is 0 Å². The van der Waals surface area contributed by atoms with E-state index in [0.717, 1.165) is 28.6 Å². The van der Waals surface area contributed by atoms with Crippen molar-refractivity contribution in [2.75, 3.05) is 0 Å². The Morgan fingerprint density at radius 2 is 2.47 bits per heavy atom. The Morgan fingerprint density at radius 1 is 1.53 bits per heavy atom. The molecule has 2 heterocycles. The van der Waals surface area contributed by atoms with Gasteiger partial charge in [-0.25, -0.2) is 4.98 Å². The molecule has 3 rings (SSSR count). The van der Waals surface area contributed by atoms with Crippen LogP contribution in [0.5, 0.6) is 0 Å². The molecule has 4 nitrogen and oxygen atoms in total. The van der Waals surface area contributed by atoms with Crippen molar-refractivity contribution in [1.82, 2.24) is 4.98 Å². The number of thiophene rings is 1. The highest BCUT2D eigenvalue weighted by atomic mass is 32.1. The van der Waals surface area contributed by atoms with Crippen molar-refractivity contribution in [3.8, 4) is 0 Å². The van der Waals surface area contributed by atoms with Gasteiger partial charge in [-0.1, -0.05) is 11.2 Å². The molecule has 1 atom stereocenters. The normalized spacial score (nSPS) is 19.1. The minimum Gasteiger partial charge on any atom is -0.245 e. The lowest BCUT2D eigenvalue weighted by Gasteiger charge is -2.07. The Bertz CT molecular complexity index is 637. The van der Waals surface area contributed by atoms with Gasteiger partial charge in [0.05, 0.1) is 6.04 Å². The maximum Gasteiger partial charge on any atom is 0.123 e. The van der Waals surface area contributed by atoms with Crippen LogP contribution in [0.1, 0.15) is 18.4 Å². The molecule has 1 aliphatic carbocycles. The molecular weight excluding hydrogens is 232 g/mol. The molecule has 84 valence electrons. The second-order valence-electron chi connectivity index (χ2n) is 3.96. The number of nitrogens with zero attached hydrogens (tertiary/aromatic N) is 4. The number of aromatic nitrogens is 1. The van der Waals surface area contributed by atoms with E-state index in [1.807, 2.05) is 6.07 Å². The number of hydrogen-bond acceptors (Lipinski definition) is 3. The van der Waals surface area contributed by atoms with Crippen molar-refractivity contribution in [2.24, 2.45) is 5.11 Å². The fourth-order valence-corrected chi connectivity index (χ4v) is 3.17. The average Bonchev–Trinajstić information content (AvgIpc) is 2.95. The molecule has 0 saturated heterocycles. The second kappa shape index (κ2) is 4.20. The second-order valence-corrected chi connectivity index (χ2v) is 4.82. The SMILES string of the molecule is [N-]=[N+]=NC1CCC=C1c1csc2ncccc12. The van der Waals surface area contributed by atoms with Crippen LogP contribution in [0.15, 0.2) is 34.9 Å². The van der Waals surface area contributed by atoms with Crippen LogP contribution in [-0.2, 0) is 0 Å². The molecule has 0 bridgehead atoms. The van der Waals surface area contributed by atoms with Gasteiger partial charge in [0.1, 0.15) is 4.83 Å². The van der Waals surface area contributed by atoms with Gasteiger partial charge < -0.3 is 0 Å². The summed E-state index contributed by atoms with van der Waals surface area (Å²) in [7, 11) is 0. The van der Waals surface area contributed by atoms with Crippen LogP contribution in [0.25, 0.3) is 26.2 Å². The van der Waals surface area contributed by atoms with Crippen molar-refractivity contribution in [1.29, 1.82) is 0 Å². The summed E-state index contributed by atoms with van der Waals surface area (Å²) >= 11 is 1.63. The summed E-state index contributed by atoms with van der Waals surface area (Å²) in [5, 5.41) is 7.13. The molecule has 0 aliphatic heterocycles. The highest BCUT2D eigenvalue weighted by Gasteiger charge is 2.21. The third kappa shape index (κ3) is 1.69. The van der Waals surface area contributed by atoms with Crippen LogP contribution >= 0.6 is 11.3 Å². The summed E-state index contributed by atoms with van der Waals surface area (Å²) in [6.07, 6.45) is 5.87. The maximum atomic E-state index is 8.58. The van der Waals surface area contributed by atoms with Gasteiger partial charge in [-0.2, -0.15) is 0 Å². The maximum absolute atomic E-state index is 8.58. The molecule has 1 aliphatic rings. The molecule has 0 amide bonds. The minimum absolute atomic E-state index is 0.0157. The zero-order chi connectivity index (χ0) is 11.7. The zero-order valence-corrected chi connectivity index (χ0v) is 9.89. The van der Waals surface area contributed by atoms with Gasteiger partial charge in [0.25, 0.3) is 0 Å². The fourth-order valence-electron chi connectivity index (χ4n) is 2.25. The van der Waals surface area contributed by atoms with E-state index in [1.54, 1.807) is 17.5 Å². The van der Waals surface area contributed by atoms with Crippen molar-refractivity contribution >= 4 is 27.1 Å². The highest BCUT2D eigenvalue weighted by Crippen LogP contribution is 2.37. The van der Waals surface area contributed by atoms with Crippen LogP contribution in [0.2, 0.25) is 0 Å². The molecule has 0 aromatic carbocycles. The lowest BCUT2D eigenvalue weighted by atomic mass is 10.0. The van der Waals surface area contributed by atoms with E-state index < -0.39 is 0 Å². The number of rotatable bonds is 2. The van der Waals surface area contributed by atoms with Crippen molar-refractivity contribution < 1.29 is 0 Å². The first-order valence-electron chi connectivity index (χ1n) is 5.47. The largest absolute Gasteiger partial charge is 0.245 e. The van der Waals surface area contributed by atoms with E-state index >= 15 is 0 Å². The van der Waals surface area contributed by atoms with Crippen molar-refractivity contribution in [3.05, 3.63) is 45.8 Å². The summed E-state index contributed by atoms with van der Waals surface area (Å²) in [6.45, 7) is 0. The molecular formula is C12H10N4S. The Kier molecular flexibility index (Phi) is 2.55. The predicted molar refractivity (Wildman–Crippen MR) is 69.8 cm³/mol. The van der Waals surface area contributed by atoms with Gasteiger partial charge in [0, 0.05) is 21.9 Å². The molecule has 0 spiro atoms. The lowest BCUT2D eigenvalue weighted by molar-refractivity contribution is 0.784. The van der Waals surface area contributed by atoms with Gasteiger partial charge in [-0.3, -0.25) is 0 Å². The summed E-state index contributed by atoms with van der Waals surface area (Å²) in [5.74, 6) is 0. The Labute approximate surface area is 102 Å². The Balaban J connectivity index is 2.12. The number of azide groups is 1. The Morgan fingerprint density at radius 3 is 3.35 bits per heavy atom. The number of pyridine rings is 1. The fraction of sp³-hybridized carbons (Fsp3) is 0.250. The van der Waals surface area contributed by atoms with Gasteiger partial charge >= 0.3 is 0 Å². The Hall–Kier alpha value is -1.84. The lowest BCUT2D eigenvalue weighted by Crippen LogP contribution is -2.00. The van der Waals surface area contributed by atoms with Crippen LogP contribution < -0.4 is 0 Å². The average molecular weight is 242 g/mol. The number of hydrogen-bond donors (Lipinski definition) is 0. The molecule has 2 aromatic rings. The zero-order valence-electron chi connectivity index (χ0n) is 9.08. The van der Waals surface area contributed by atoms with Gasteiger partial charge in [0.2, 0.25) is 0 Å². The molecule has 0 radical (unpaired) electrons. The third-order valence-corrected chi connectivity index (χ3v) is 3.92. The first kappa shape index (κ1) is 10.3. The monoisotopic (exact) mass is 242 g/mol. The van der Waals surface area contributed by atoms with Gasteiger partial charge in [0.15, 0.2) is 0 Å². The molecule has 0 fully saturated rings. The smallest absolute Gasteiger partial charge is 0.123 e. The molecule has 5 heteroatoms. The first-order chi connectivity index (χ1) is 8.40. The van der Waals surface area contributed by atoms with E-state index in [2.05, 4.69) is 32.5 Å². The number of allylic oxidation sites excluding steroid dienone is 1. The van der Waals surface area contributed by atoms with Crippen molar-refractivity contribution in [2.45, 2.75) is 18.9 Å².